The molecule has 0 aliphatic heterocycles. The van der Waals surface area contributed by atoms with Crippen molar-refractivity contribution in [3.8, 4) is 0 Å². The molecule has 0 heterocycles. The number of halogens is 2. The third-order valence-electron chi connectivity index (χ3n) is 1.19. The number of hydrogen-bond acceptors (Lipinski definition) is 1. The molecule has 0 atom stereocenters. The first-order chi connectivity index (χ1) is 5.59. The van der Waals surface area contributed by atoms with Crippen molar-refractivity contribution >= 4 is 43.6 Å². The van der Waals surface area contributed by atoms with E-state index in [-0.39, 0.29) is 0 Å². The highest BCUT2D eigenvalue weighted by molar-refractivity contribution is 9.11. The molecular formula is C7H6Br2N2O. The van der Waals surface area contributed by atoms with Crippen LogP contribution >= 0.6 is 31.9 Å². The number of primary amides is 1. The lowest BCUT2D eigenvalue weighted by Crippen LogP contribution is -2.19. The van der Waals surface area contributed by atoms with Crippen LogP contribution in [0.5, 0.6) is 0 Å². The highest BCUT2D eigenvalue weighted by Gasteiger charge is 2.01. The van der Waals surface area contributed by atoms with E-state index in [1.54, 1.807) is 6.07 Å². The molecule has 0 fully saturated rings. The predicted molar refractivity (Wildman–Crippen MR) is 55.0 cm³/mol. The molecule has 0 spiro atoms. The summed E-state index contributed by atoms with van der Waals surface area (Å²) in [6.07, 6.45) is 0. The second-order valence-corrected chi connectivity index (χ2v) is 3.88. The Bertz CT molecular complexity index is 314. The molecule has 1 aromatic rings. The number of nitrogens with one attached hydrogen (secondary N) is 1. The van der Waals surface area contributed by atoms with Crippen molar-refractivity contribution in [2.45, 2.75) is 0 Å². The fourth-order valence-electron chi connectivity index (χ4n) is 0.724. The van der Waals surface area contributed by atoms with E-state index in [0.717, 1.165) is 8.95 Å². The van der Waals surface area contributed by atoms with Crippen LogP contribution in [0.15, 0.2) is 27.1 Å². The van der Waals surface area contributed by atoms with Crippen molar-refractivity contribution in [3.05, 3.63) is 27.1 Å². The van der Waals surface area contributed by atoms with Gasteiger partial charge in [-0.05, 0) is 34.1 Å². The minimum absolute atomic E-state index is 0.571. The van der Waals surface area contributed by atoms with Crippen molar-refractivity contribution in [3.63, 3.8) is 0 Å². The average Bonchev–Trinajstić information content (AvgIpc) is 1.94. The van der Waals surface area contributed by atoms with Crippen molar-refractivity contribution < 1.29 is 4.79 Å². The topological polar surface area (TPSA) is 55.1 Å². The third kappa shape index (κ3) is 2.49. The van der Waals surface area contributed by atoms with Gasteiger partial charge < -0.3 is 11.1 Å². The Hall–Kier alpha value is -0.550. The summed E-state index contributed by atoms with van der Waals surface area (Å²) in [5.41, 5.74) is 5.61. The Kier molecular flexibility index (Phi) is 3.11. The zero-order valence-corrected chi connectivity index (χ0v) is 9.15. The normalized spacial score (nSPS) is 9.50. The maximum Gasteiger partial charge on any atom is 0.316 e. The summed E-state index contributed by atoms with van der Waals surface area (Å²) >= 11 is 6.56. The van der Waals surface area contributed by atoms with Crippen molar-refractivity contribution in [2.75, 3.05) is 5.32 Å². The van der Waals surface area contributed by atoms with E-state index in [1.165, 1.54) is 0 Å². The number of anilines is 1. The summed E-state index contributed by atoms with van der Waals surface area (Å²) in [5, 5.41) is 2.47. The lowest BCUT2D eigenvalue weighted by Gasteiger charge is -2.03. The van der Waals surface area contributed by atoms with Gasteiger partial charge in [0.1, 0.15) is 0 Å². The Labute approximate surface area is 86.6 Å². The second kappa shape index (κ2) is 3.91. The molecule has 0 saturated carbocycles. The molecule has 0 aliphatic rings. The zero-order chi connectivity index (χ0) is 9.14. The number of amides is 2. The molecule has 3 nitrogen and oxygen atoms in total. The number of carbonyl (C=O) groups excluding carboxylic acids is 1. The summed E-state index contributed by atoms with van der Waals surface area (Å²) in [5.74, 6) is 0. The van der Waals surface area contributed by atoms with Crippen LogP contribution in [0.25, 0.3) is 0 Å². The maximum atomic E-state index is 10.5. The zero-order valence-electron chi connectivity index (χ0n) is 5.97. The van der Waals surface area contributed by atoms with Gasteiger partial charge in [-0.2, -0.15) is 0 Å². The Morgan fingerprint density at radius 2 is 2.08 bits per heavy atom. The number of nitrogens with two attached hydrogens (primary N) is 1. The highest BCUT2D eigenvalue weighted by atomic mass is 79.9. The molecule has 64 valence electrons. The highest BCUT2D eigenvalue weighted by Crippen LogP contribution is 2.25. The van der Waals surface area contributed by atoms with Crippen LogP contribution in [0.1, 0.15) is 0 Å². The van der Waals surface area contributed by atoms with E-state index in [0.29, 0.717) is 5.69 Å². The Balaban J connectivity index is 2.93. The van der Waals surface area contributed by atoms with Gasteiger partial charge in [0.25, 0.3) is 0 Å². The van der Waals surface area contributed by atoms with Gasteiger partial charge >= 0.3 is 6.03 Å². The minimum Gasteiger partial charge on any atom is -0.351 e. The molecule has 12 heavy (non-hydrogen) atoms. The lowest BCUT2D eigenvalue weighted by molar-refractivity contribution is 0.259. The molecule has 1 rings (SSSR count). The van der Waals surface area contributed by atoms with E-state index >= 15 is 0 Å². The molecular weight excluding hydrogens is 288 g/mol. The van der Waals surface area contributed by atoms with E-state index < -0.39 is 6.03 Å². The summed E-state index contributed by atoms with van der Waals surface area (Å²) in [6.45, 7) is 0. The van der Waals surface area contributed by atoms with Gasteiger partial charge in [-0.3, -0.25) is 0 Å². The second-order valence-electron chi connectivity index (χ2n) is 2.11. The molecule has 0 aliphatic carbocycles. The maximum absolute atomic E-state index is 10.5. The van der Waals surface area contributed by atoms with Gasteiger partial charge in [-0.25, -0.2) is 4.79 Å². The van der Waals surface area contributed by atoms with Crippen LogP contribution in [0.2, 0.25) is 0 Å². The van der Waals surface area contributed by atoms with E-state index in [2.05, 4.69) is 37.2 Å². The third-order valence-corrected chi connectivity index (χ3v) is 2.34. The fourth-order valence-corrected chi connectivity index (χ4v) is 1.87. The van der Waals surface area contributed by atoms with Crippen LogP contribution in [-0.2, 0) is 0 Å². The van der Waals surface area contributed by atoms with Gasteiger partial charge in [0.2, 0.25) is 0 Å². The lowest BCUT2D eigenvalue weighted by atomic mass is 10.3. The summed E-state index contributed by atoms with van der Waals surface area (Å²) in [6, 6.07) is 4.82. The molecule has 0 radical (unpaired) electrons. The molecule has 1 aromatic carbocycles. The molecule has 3 N–H and O–H groups in total. The summed E-state index contributed by atoms with van der Waals surface area (Å²) in [7, 11) is 0. The van der Waals surface area contributed by atoms with Crippen LogP contribution in [0.4, 0.5) is 10.5 Å². The van der Waals surface area contributed by atoms with Crippen LogP contribution < -0.4 is 11.1 Å². The average molecular weight is 294 g/mol. The number of urea groups is 1. The molecule has 5 heteroatoms. The van der Waals surface area contributed by atoms with E-state index in [9.17, 15) is 4.79 Å². The minimum atomic E-state index is -0.571. The van der Waals surface area contributed by atoms with Crippen molar-refractivity contribution in [1.82, 2.24) is 0 Å². The number of rotatable bonds is 1. The van der Waals surface area contributed by atoms with Crippen molar-refractivity contribution in [1.29, 1.82) is 0 Å². The number of benzene rings is 1. The summed E-state index contributed by atoms with van der Waals surface area (Å²) < 4.78 is 1.72. The first kappa shape index (κ1) is 9.54. The smallest absolute Gasteiger partial charge is 0.316 e. The van der Waals surface area contributed by atoms with Crippen LogP contribution in [0.3, 0.4) is 0 Å². The number of carbonyl (C=O) groups is 1. The molecule has 0 saturated heterocycles. The number of hydrogen-bond donors (Lipinski definition) is 2. The van der Waals surface area contributed by atoms with Crippen molar-refractivity contribution in [2.24, 2.45) is 5.73 Å². The predicted octanol–water partition coefficient (Wildman–Crippen LogP) is 2.70. The monoisotopic (exact) mass is 292 g/mol. The van der Waals surface area contributed by atoms with Gasteiger partial charge in [-0.15, -0.1) is 0 Å². The van der Waals surface area contributed by atoms with Crippen LogP contribution in [-0.4, -0.2) is 6.03 Å². The van der Waals surface area contributed by atoms with Crippen LogP contribution in [0, 0.1) is 0 Å². The quantitative estimate of drug-likeness (QED) is 0.822. The standard InChI is InChI=1S/C7H6Br2N2O/c8-4-1-2-6(5(9)3-4)11-7(10)12/h1-3H,(H3,10,11,12). The van der Waals surface area contributed by atoms with E-state index in [4.69, 9.17) is 5.73 Å². The molecule has 0 unspecified atom stereocenters. The molecule has 2 amide bonds. The van der Waals surface area contributed by atoms with Gasteiger partial charge in [0.05, 0.1) is 5.69 Å². The first-order valence-electron chi connectivity index (χ1n) is 3.11. The molecule has 0 bridgehead atoms. The summed E-state index contributed by atoms with van der Waals surface area (Å²) in [4.78, 5) is 10.5. The van der Waals surface area contributed by atoms with E-state index in [1.807, 2.05) is 12.1 Å². The van der Waals surface area contributed by atoms with Gasteiger partial charge in [0.15, 0.2) is 0 Å². The largest absolute Gasteiger partial charge is 0.351 e. The van der Waals surface area contributed by atoms with Gasteiger partial charge in [-0.1, -0.05) is 15.9 Å². The SMILES string of the molecule is NC(=O)Nc1ccc(Br)cc1Br. The first-order valence-corrected chi connectivity index (χ1v) is 4.69. The fraction of sp³-hybridized carbons (Fsp3) is 0. The van der Waals surface area contributed by atoms with Gasteiger partial charge in [0, 0.05) is 8.95 Å². The Morgan fingerprint density at radius 3 is 2.58 bits per heavy atom. The Morgan fingerprint density at radius 1 is 1.42 bits per heavy atom. The molecule has 0 aromatic heterocycles.